The Morgan fingerprint density at radius 1 is 1.22 bits per heavy atom. The van der Waals surface area contributed by atoms with E-state index in [1.807, 2.05) is 38.1 Å². The summed E-state index contributed by atoms with van der Waals surface area (Å²) >= 11 is 2.20. The first-order valence-corrected chi connectivity index (χ1v) is 8.77. The van der Waals surface area contributed by atoms with Crippen LogP contribution in [0.25, 0.3) is 0 Å². The quantitative estimate of drug-likeness (QED) is 0.489. The van der Waals surface area contributed by atoms with Gasteiger partial charge in [-0.3, -0.25) is 9.59 Å². The largest absolute Gasteiger partial charge is 0.481 e. The molecular formula is C18H25IO4. The van der Waals surface area contributed by atoms with E-state index >= 15 is 0 Å². The Kier molecular flexibility index (Phi) is 7.04. The van der Waals surface area contributed by atoms with E-state index < -0.39 is 11.4 Å². The summed E-state index contributed by atoms with van der Waals surface area (Å²) in [4.78, 5) is 22.8. The third-order valence-electron chi connectivity index (χ3n) is 4.13. The van der Waals surface area contributed by atoms with Crippen molar-refractivity contribution in [2.45, 2.75) is 52.4 Å². The summed E-state index contributed by atoms with van der Waals surface area (Å²) in [5.74, 6) is -1.09. The molecule has 0 aromatic heterocycles. The molecule has 1 aromatic rings. The van der Waals surface area contributed by atoms with Gasteiger partial charge in [-0.15, -0.1) is 0 Å². The number of carboxylic acids is 1. The first kappa shape index (κ1) is 19.9. The summed E-state index contributed by atoms with van der Waals surface area (Å²) in [6.45, 7) is 7.59. The van der Waals surface area contributed by atoms with Crippen LogP contribution in [0.2, 0.25) is 0 Å². The number of ether oxygens (including phenoxy) is 1. The lowest BCUT2D eigenvalue weighted by atomic mass is 9.76. The van der Waals surface area contributed by atoms with Crippen LogP contribution in [-0.2, 0) is 19.7 Å². The van der Waals surface area contributed by atoms with Crippen molar-refractivity contribution in [3.05, 3.63) is 33.4 Å². The molecule has 0 fully saturated rings. The second-order valence-electron chi connectivity index (χ2n) is 6.95. The minimum Gasteiger partial charge on any atom is -0.481 e. The van der Waals surface area contributed by atoms with Gasteiger partial charge in [-0.05, 0) is 65.5 Å². The van der Waals surface area contributed by atoms with Gasteiger partial charge in [0.05, 0.1) is 12.0 Å². The SMILES string of the molecule is CC(=O)OCC(C)(C)CCCC(C)(C(=O)O)c1cccc(I)c1. The molecule has 4 nitrogen and oxygen atoms in total. The fourth-order valence-electron chi connectivity index (χ4n) is 2.50. The van der Waals surface area contributed by atoms with Gasteiger partial charge >= 0.3 is 11.9 Å². The topological polar surface area (TPSA) is 63.6 Å². The van der Waals surface area contributed by atoms with E-state index in [9.17, 15) is 14.7 Å². The molecule has 0 aliphatic heterocycles. The van der Waals surface area contributed by atoms with Crippen LogP contribution in [0.15, 0.2) is 24.3 Å². The van der Waals surface area contributed by atoms with Crippen molar-refractivity contribution in [3.63, 3.8) is 0 Å². The van der Waals surface area contributed by atoms with Gasteiger partial charge in [0.2, 0.25) is 0 Å². The van der Waals surface area contributed by atoms with Crippen molar-refractivity contribution >= 4 is 34.5 Å². The number of esters is 1. The molecule has 5 heteroatoms. The van der Waals surface area contributed by atoms with E-state index in [-0.39, 0.29) is 11.4 Å². The monoisotopic (exact) mass is 432 g/mol. The lowest BCUT2D eigenvalue weighted by molar-refractivity contribution is -0.144. The number of hydrogen-bond donors (Lipinski definition) is 1. The molecule has 0 spiro atoms. The molecule has 23 heavy (non-hydrogen) atoms. The number of carboxylic acid groups (broad SMARTS) is 1. The van der Waals surface area contributed by atoms with Crippen molar-refractivity contribution in [1.29, 1.82) is 0 Å². The molecule has 0 aliphatic rings. The Bertz CT molecular complexity index is 568. The van der Waals surface area contributed by atoms with E-state index in [2.05, 4.69) is 22.6 Å². The van der Waals surface area contributed by atoms with Gasteiger partial charge in [-0.25, -0.2) is 0 Å². The molecule has 128 valence electrons. The summed E-state index contributed by atoms with van der Waals surface area (Å²) in [5.41, 5.74) is -0.232. The molecule has 0 amide bonds. The molecule has 1 aromatic carbocycles. The zero-order chi connectivity index (χ0) is 17.7. The van der Waals surface area contributed by atoms with Gasteiger partial charge in [-0.1, -0.05) is 32.4 Å². The second-order valence-corrected chi connectivity index (χ2v) is 8.19. The Morgan fingerprint density at radius 2 is 1.87 bits per heavy atom. The highest BCUT2D eigenvalue weighted by Gasteiger charge is 2.35. The predicted molar refractivity (Wildman–Crippen MR) is 98.4 cm³/mol. The van der Waals surface area contributed by atoms with Crippen molar-refractivity contribution < 1.29 is 19.4 Å². The molecule has 0 heterocycles. The number of aliphatic carboxylic acids is 1. The van der Waals surface area contributed by atoms with Crippen molar-refractivity contribution in [2.75, 3.05) is 6.61 Å². The van der Waals surface area contributed by atoms with E-state index in [4.69, 9.17) is 4.74 Å². The van der Waals surface area contributed by atoms with Gasteiger partial charge < -0.3 is 9.84 Å². The van der Waals surface area contributed by atoms with Crippen LogP contribution in [0.3, 0.4) is 0 Å². The van der Waals surface area contributed by atoms with E-state index in [1.54, 1.807) is 6.92 Å². The first-order chi connectivity index (χ1) is 10.6. The average molecular weight is 432 g/mol. The number of benzene rings is 1. The maximum absolute atomic E-state index is 11.8. The van der Waals surface area contributed by atoms with Crippen molar-refractivity contribution in [2.24, 2.45) is 5.41 Å². The van der Waals surface area contributed by atoms with Gasteiger partial charge in [0.15, 0.2) is 0 Å². The summed E-state index contributed by atoms with van der Waals surface area (Å²) < 4.78 is 6.11. The van der Waals surface area contributed by atoms with Crippen molar-refractivity contribution in [1.82, 2.24) is 0 Å². The molecule has 0 aliphatic carbocycles. The summed E-state index contributed by atoms with van der Waals surface area (Å²) in [7, 11) is 0. The molecule has 0 radical (unpaired) electrons. The van der Waals surface area contributed by atoms with Crippen LogP contribution < -0.4 is 0 Å². The molecule has 0 saturated carbocycles. The van der Waals surface area contributed by atoms with E-state index in [0.29, 0.717) is 13.0 Å². The number of hydrogen-bond acceptors (Lipinski definition) is 3. The zero-order valence-electron chi connectivity index (χ0n) is 14.2. The van der Waals surface area contributed by atoms with Gasteiger partial charge in [0, 0.05) is 10.5 Å². The number of rotatable bonds is 8. The minimum atomic E-state index is -0.904. The van der Waals surface area contributed by atoms with E-state index in [0.717, 1.165) is 22.0 Å². The number of carbonyl (C=O) groups is 2. The van der Waals surface area contributed by atoms with Gasteiger partial charge in [0.1, 0.15) is 0 Å². The average Bonchev–Trinajstić information content (AvgIpc) is 2.44. The lowest BCUT2D eigenvalue weighted by Crippen LogP contribution is -2.33. The Morgan fingerprint density at radius 3 is 2.39 bits per heavy atom. The van der Waals surface area contributed by atoms with E-state index in [1.165, 1.54) is 6.92 Å². The van der Waals surface area contributed by atoms with Crippen LogP contribution >= 0.6 is 22.6 Å². The third-order valence-corrected chi connectivity index (χ3v) is 4.80. The molecule has 1 atom stereocenters. The van der Waals surface area contributed by atoms with Gasteiger partial charge in [0.25, 0.3) is 0 Å². The maximum Gasteiger partial charge on any atom is 0.313 e. The fourth-order valence-corrected chi connectivity index (χ4v) is 3.04. The highest BCUT2D eigenvalue weighted by atomic mass is 127. The highest BCUT2D eigenvalue weighted by Crippen LogP contribution is 2.33. The zero-order valence-corrected chi connectivity index (χ0v) is 16.3. The summed E-state index contributed by atoms with van der Waals surface area (Å²) in [6.07, 6.45) is 2.10. The normalized spacial score (nSPS) is 14.1. The molecule has 1 unspecified atom stereocenters. The highest BCUT2D eigenvalue weighted by molar-refractivity contribution is 14.1. The molecule has 1 N–H and O–H groups in total. The molecule has 0 saturated heterocycles. The van der Waals surface area contributed by atoms with Crippen LogP contribution in [0.1, 0.15) is 52.5 Å². The molecule has 0 bridgehead atoms. The van der Waals surface area contributed by atoms with Crippen LogP contribution in [0.4, 0.5) is 0 Å². The number of carbonyl (C=O) groups excluding carboxylic acids is 1. The number of halogens is 1. The molecule has 1 rings (SSSR count). The fraction of sp³-hybridized carbons (Fsp3) is 0.556. The summed E-state index contributed by atoms with van der Waals surface area (Å²) in [6, 6.07) is 7.65. The molecular weight excluding hydrogens is 407 g/mol. The van der Waals surface area contributed by atoms with Crippen LogP contribution in [0.5, 0.6) is 0 Å². The Balaban J connectivity index is 2.74. The maximum atomic E-state index is 11.8. The predicted octanol–water partition coefficient (Wildman–Crippen LogP) is 4.39. The minimum absolute atomic E-state index is 0.157. The van der Waals surface area contributed by atoms with Crippen LogP contribution in [-0.4, -0.2) is 23.7 Å². The lowest BCUT2D eigenvalue weighted by Gasteiger charge is -2.29. The first-order valence-electron chi connectivity index (χ1n) is 7.70. The Labute approximate surface area is 151 Å². The standard InChI is InChI=1S/C18H25IO4/c1-13(20)23-12-17(2,3)9-6-10-18(4,16(21)22)14-7-5-8-15(19)11-14/h5,7-8,11H,6,9-10,12H2,1-4H3,(H,21,22). The summed E-state index contributed by atoms with van der Waals surface area (Å²) in [5, 5.41) is 9.71. The van der Waals surface area contributed by atoms with Gasteiger partial charge in [-0.2, -0.15) is 0 Å². The second kappa shape index (κ2) is 8.13. The smallest absolute Gasteiger partial charge is 0.313 e. The van der Waals surface area contributed by atoms with Crippen LogP contribution in [0, 0.1) is 8.99 Å². The third kappa shape index (κ3) is 6.12. The Hall–Kier alpha value is -1.11. The van der Waals surface area contributed by atoms with Crippen molar-refractivity contribution in [3.8, 4) is 0 Å².